The van der Waals surface area contributed by atoms with Crippen molar-refractivity contribution in [1.29, 1.82) is 0 Å². The van der Waals surface area contributed by atoms with Gasteiger partial charge in [0.05, 0.1) is 7.11 Å². The van der Waals surface area contributed by atoms with Crippen LogP contribution >= 0.6 is 0 Å². The second-order valence-electron chi connectivity index (χ2n) is 2.62. The lowest BCUT2D eigenvalue weighted by Crippen LogP contribution is -1.96. The van der Waals surface area contributed by atoms with Crippen LogP contribution in [0.3, 0.4) is 0 Å². The molecule has 3 nitrogen and oxygen atoms in total. The Bertz CT molecular complexity index is 382. The zero-order valence-corrected chi connectivity index (χ0v) is 7.34. The minimum atomic E-state index is 0.638. The molecule has 2 heterocycles. The van der Waals surface area contributed by atoms with Crippen molar-refractivity contribution in [2.75, 3.05) is 7.11 Å². The lowest BCUT2D eigenvalue weighted by Gasteiger charge is -2.06. The summed E-state index contributed by atoms with van der Waals surface area (Å²) in [6.07, 6.45) is 5.63. The van der Waals surface area contributed by atoms with Crippen LogP contribution in [-0.4, -0.2) is 16.7 Å². The van der Waals surface area contributed by atoms with Crippen LogP contribution in [0.25, 0.3) is 5.69 Å². The maximum absolute atomic E-state index is 5.14. The Labute approximate surface area is 76.6 Å². The van der Waals surface area contributed by atoms with Crippen LogP contribution < -0.4 is 4.74 Å². The lowest BCUT2D eigenvalue weighted by molar-refractivity contribution is 0.396. The van der Waals surface area contributed by atoms with Crippen molar-refractivity contribution in [3.8, 4) is 11.6 Å². The quantitative estimate of drug-likeness (QED) is 0.695. The van der Waals surface area contributed by atoms with E-state index < -0.39 is 0 Å². The first kappa shape index (κ1) is 7.86. The largest absolute Gasteiger partial charge is 0.480 e. The van der Waals surface area contributed by atoms with E-state index >= 15 is 0 Å². The van der Waals surface area contributed by atoms with Crippen LogP contribution in [0.4, 0.5) is 0 Å². The normalized spacial score (nSPS) is 9.92. The van der Waals surface area contributed by atoms with Gasteiger partial charge in [0.2, 0.25) is 5.88 Å². The summed E-state index contributed by atoms with van der Waals surface area (Å²) in [5.74, 6) is 0.638. The smallest absolute Gasteiger partial charge is 0.237 e. The summed E-state index contributed by atoms with van der Waals surface area (Å²) in [7, 11) is 1.62. The van der Waals surface area contributed by atoms with Gasteiger partial charge >= 0.3 is 0 Å². The molecule has 13 heavy (non-hydrogen) atoms. The van der Waals surface area contributed by atoms with Gasteiger partial charge in [-0.1, -0.05) is 0 Å². The van der Waals surface area contributed by atoms with E-state index in [1.165, 1.54) is 0 Å². The number of aromatic nitrogens is 2. The molecule has 0 spiro atoms. The first-order valence-electron chi connectivity index (χ1n) is 4.04. The molecule has 0 radical (unpaired) electrons. The van der Waals surface area contributed by atoms with Crippen molar-refractivity contribution in [1.82, 2.24) is 9.55 Å². The monoisotopic (exact) mass is 174 g/mol. The third kappa shape index (κ3) is 1.40. The first-order chi connectivity index (χ1) is 6.42. The zero-order chi connectivity index (χ0) is 9.10. The van der Waals surface area contributed by atoms with Crippen molar-refractivity contribution < 1.29 is 4.74 Å². The highest BCUT2D eigenvalue weighted by molar-refractivity contribution is 5.41. The van der Waals surface area contributed by atoms with E-state index in [9.17, 15) is 0 Å². The number of nitrogens with zero attached hydrogens (tertiary/aromatic N) is 2. The number of ether oxygens (including phenoxy) is 1. The topological polar surface area (TPSA) is 27.1 Å². The standard InChI is InChI=1S/C10H10N2O/c1-13-10-9(5-4-6-11-10)12-7-2-3-8-12/h2-8H,1H3. The number of pyridine rings is 1. The molecule has 0 saturated heterocycles. The average molecular weight is 174 g/mol. The Kier molecular flexibility index (Phi) is 2.00. The van der Waals surface area contributed by atoms with Crippen LogP contribution in [0.15, 0.2) is 42.9 Å². The summed E-state index contributed by atoms with van der Waals surface area (Å²) < 4.78 is 7.10. The molecule has 0 aromatic carbocycles. The fraction of sp³-hybridized carbons (Fsp3) is 0.100. The number of hydrogen-bond donors (Lipinski definition) is 0. The van der Waals surface area contributed by atoms with E-state index in [4.69, 9.17) is 4.74 Å². The van der Waals surface area contributed by atoms with Gasteiger partial charge in [-0.2, -0.15) is 0 Å². The van der Waals surface area contributed by atoms with E-state index in [1.54, 1.807) is 13.3 Å². The average Bonchev–Trinajstić information content (AvgIpc) is 2.70. The second-order valence-corrected chi connectivity index (χ2v) is 2.62. The van der Waals surface area contributed by atoms with E-state index in [-0.39, 0.29) is 0 Å². The van der Waals surface area contributed by atoms with Gasteiger partial charge in [0.25, 0.3) is 0 Å². The van der Waals surface area contributed by atoms with Crippen LogP contribution in [0.2, 0.25) is 0 Å². The molecule has 0 unspecified atom stereocenters. The van der Waals surface area contributed by atoms with Gasteiger partial charge < -0.3 is 9.30 Å². The predicted molar refractivity (Wildman–Crippen MR) is 50.1 cm³/mol. The van der Waals surface area contributed by atoms with Gasteiger partial charge in [0.1, 0.15) is 5.69 Å². The van der Waals surface area contributed by atoms with Crippen LogP contribution in [-0.2, 0) is 0 Å². The number of methoxy groups -OCH3 is 1. The molecule has 0 saturated carbocycles. The molecule has 2 rings (SSSR count). The Morgan fingerprint density at radius 3 is 2.69 bits per heavy atom. The minimum Gasteiger partial charge on any atom is -0.480 e. The molecule has 0 aliphatic rings. The maximum Gasteiger partial charge on any atom is 0.237 e. The third-order valence-electron chi connectivity index (χ3n) is 1.83. The van der Waals surface area contributed by atoms with E-state index in [0.29, 0.717) is 5.88 Å². The zero-order valence-electron chi connectivity index (χ0n) is 7.34. The fourth-order valence-electron chi connectivity index (χ4n) is 1.23. The van der Waals surface area contributed by atoms with Gasteiger partial charge in [-0.25, -0.2) is 4.98 Å². The molecule has 0 bridgehead atoms. The second kappa shape index (κ2) is 3.31. The van der Waals surface area contributed by atoms with Crippen LogP contribution in [0.1, 0.15) is 0 Å². The summed E-state index contributed by atoms with van der Waals surface area (Å²) in [5, 5.41) is 0. The highest BCUT2D eigenvalue weighted by Crippen LogP contribution is 2.18. The molecule has 2 aromatic rings. The molecule has 66 valence electrons. The summed E-state index contributed by atoms with van der Waals surface area (Å²) in [4.78, 5) is 4.11. The Hall–Kier alpha value is -1.77. The number of rotatable bonds is 2. The Morgan fingerprint density at radius 1 is 1.23 bits per heavy atom. The molecule has 0 atom stereocenters. The molecule has 0 N–H and O–H groups in total. The summed E-state index contributed by atoms with van der Waals surface area (Å²) in [6, 6.07) is 7.78. The van der Waals surface area contributed by atoms with Gasteiger partial charge in [0, 0.05) is 18.6 Å². The Balaban J connectivity index is 2.51. The SMILES string of the molecule is COc1ncccc1-n1cccc1. The van der Waals surface area contributed by atoms with Gasteiger partial charge in [0.15, 0.2) is 0 Å². The maximum atomic E-state index is 5.14. The van der Waals surface area contributed by atoms with Crippen molar-refractivity contribution in [3.63, 3.8) is 0 Å². The van der Waals surface area contributed by atoms with Gasteiger partial charge in [-0.05, 0) is 24.3 Å². The molecule has 3 heteroatoms. The molecule has 0 fully saturated rings. The lowest BCUT2D eigenvalue weighted by atomic mass is 10.4. The molecular formula is C10H10N2O. The summed E-state index contributed by atoms with van der Waals surface area (Å²) >= 11 is 0. The highest BCUT2D eigenvalue weighted by atomic mass is 16.5. The minimum absolute atomic E-state index is 0.638. The number of hydrogen-bond acceptors (Lipinski definition) is 2. The highest BCUT2D eigenvalue weighted by Gasteiger charge is 2.02. The predicted octanol–water partition coefficient (Wildman–Crippen LogP) is 1.88. The van der Waals surface area contributed by atoms with Crippen molar-refractivity contribution >= 4 is 0 Å². The molecule has 0 amide bonds. The third-order valence-corrected chi connectivity index (χ3v) is 1.83. The molecule has 0 aliphatic heterocycles. The van der Waals surface area contributed by atoms with Crippen molar-refractivity contribution in [2.24, 2.45) is 0 Å². The van der Waals surface area contributed by atoms with E-state index in [1.807, 2.05) is 41.2 Å². The van der Waals surface area contributed by atoms with Gasteiger partial charge in [-0.15, -0.1) is 0 Å². The summed E-state index contributed by atoms with van der Waals surface area (Å²) in [5.41, 5.74) is 0.954. The summed E-state index contributed by atoms with van der Waals surface area (Å²) in [6.45, 7) is 0. The molecular weight excluding hydrogens is 164 g/mol. The van der Waals surface area contributed by atoms with Crippen molar-refractivity contribution in [3.05, 3.63) is 42.9 Å². The van der Waals surface area contributed by atoms with Crippen LogP contribution in [0.5, 0.6) is 5.88 Å². The van der Waals surface area contributed by atoms with E-state index in [2.05, 4.69) is 4.98 Å². The van der Waals surface area contributed by atoms with E-state index in [0.717, 1.165) is 5.69 Å². The van der Waals surface area contributed by atoms with Crippen LogP contribution in [0, 0.1) is 0 Å². The van der Waals surface area contributed by atoms with Crippen molar-refractivity contribution in [2.45, 2.75) is 0 Å². The molecule has 2 aromatic heterocycles. The van der Waals surface area contributed by atoms with Gasteiger partial charge in [-0.3, -0.25) is 0 Å². The fourth-order valence-corrected chi connectivity index (χ4v) is 1.23. The molecule has 0 aliphatic carbocycles. The Morgan fingerprint density at radius 2 is 2.00 bits per heavy atom. The first-order valence-corrected chi connectivity index (χ1v) is 4.04.